The van der Waals surface area contributed by atoms with Crippen molar-refractivity contribution in [2.75, 3.05) is 26.2 Å². The first-order chi connectivity index (χ1) is 7.29. The summed E-state index contributed by atoms with van der Waals surface area (Å²) in [4.78, 5) is 14.2. The fourth-order valence-corrected chi connectivity index (χ4v) is 2.20. The van der Waals surface area contributed by atoms with Gasteiger partial charge in [-0.05, 0) is 38.8 Å². The lowest BCUT2D eigenvalue weighted by molar-refractivity contribution is -0.136. The van der Waals surface area contributed by atoms with Gasteiger partial charge in [-0.1, -0.05) is 13.8 Å². The molecule has 0 atom stereocenters. The van der Waals surface area contributed by atoms with Gasteiger partial charge in [0.25, 0.3) is 0 Å². The molecule has 0 aromatic heterocycles. The number of carbonyl (C=O) groups excluding carboxylic acids is 1. The Morgan fingerprint density at radius 2 is 1.69 bits per heavy atom. The quantitative estimate of drug-likeness (QED) is 0.808. The molecule has 0 bridgehead atoms. The van der Waals surface area contributed by atoms with E-state index in [1.807, 2.05) is 0 Å². The molecular weight excluding hydrogens is 224 g/mol. The van der Waals surface area contributed by atoms with Crippen LogP contribution in [0.2, 0.25) is 0 Å². The third-order valence-corrected chi connectivity index (χ3v) is 2.99. The first-order valence-corrected chi connectivity index (χ1v) is 6.29. The first kappa shape index (κ1) is 15.7. The Morgan fingerprint density at radius 3 is 2.12 bits per heavy atom. The third-order valence-electron chi connectivity index (χ3n) is 2.99. The molecule has 1 aliphatic heterocycles. The summed E-state index contributed by atoms with van der Waals surface area (Å²) in [5.74, 6) is 0.671. The molecule has 0 aliphatic carbocycles. The van der Waals surface area contributed by atoms with Crippen LogP contribution in [-0.2, 0) is 4.79 Å². The van der Waals surface area contributed by atoms with E-state index in [0.29, 0.717) is 5.91 Å². The zero-order chi connectivity index (χ0) is 11.1. The normalized spacial score (nSPS) is 16.6. The molecule has 4 heteroatoms. The monoisotopic (exact) mass is 248 g/mol. The molecule has 1 aliphatic rings. The van der Waals surface area contributed by atoms with Crippen molar-refractivity contribution in [2.24, 2.45) is 5.92 Å². The molecule has 1 fully saturated rings. The molecule has 0 saturated carbocycles. The molecule has 16 heavy (non-hydrogen) atoms. The van der Waals surface area contributed by atoms with Crippen LogP contribution in [-0.4, -0.2) is 37.0 Å². The average molecular weight is 249 g/mol. The molecule has 1 amide bonds. The zero-order valence-electron chi connectivity index (χ0n) is 10.5. The smallest absolute Gasteiger partial charge is 0.225 e. The molecule has 0 radical (unpaired) electrons. The van der Waals surface area contributed by atoms with Crippen molar-refractivity contribution in [3.05, 3.63) is 0 Å². The fraction of sp³-hybridized carbons (Fsp3) is 0.917. The Labute approximate surface area is 105 Å². The lowest BCUT2D eigenvalue weighted by Gasteiger charge is -2.29. The minimum Gasteiger partial charge on any atom is -0.342 e. The van der Waals surface area contributed by atoms with Crippen molar-refractivity contribution in [2.45, 2.75) is 39.5 Å². The molecular formula is C12H25ClN2O. The van der Waals surface area contributed by atoms with Crippen LogP contribution >= 0.6 is 12.4 Å². The Kier molecular flexibility index (Phi) is 8.67. The summed E-state index contributed by atoms with van der Waals surface area (Å²) in [6.07, 6.45) is 4.17. The largest absolute Gasteiger partial charge is 0.342 e. The van der Waals surface area contributed by atoms with Gasteiger partial charge in [0.1, 0.15) is 0 Å². The number of nitrogens with one attached hydrogen (secondary N) is 1. The predicted molar refractivity (Wildman–Crippen MR) is 70.0 cm³/mol. The second-order valence-corrected chi connectivity index (χ2v) is 4.35. The van der Waals surface area contributed by atoms with Crippen LogP contribution in [0.5, 0.6) is 0 Å². The van der Waals surface area contributed by atoms with Gasteiger partial charge < -0.3 is 10.2 Å². The van der Waals surface area contributed by atoms with Gasteiger partial charge in [-0.15, -0.1) is 12.4 Å². The maximum absolute atomic E-state index is 12.2. The second kappa shape index (κ2) is 8.82. The van der Waals surface area contributed by atoms with E-state index in [4.69, 9.17) is 0 Å². The van der Waals surface area contributed by atoms with E-state index >= 15 is 0 Å². The van der Waals surface area contributed by atoms with Crippen LogP contribution in [0.25, 0.3) is 0 Å². The van der Waals surface area contributed by atoms with Crippen LogP contribution in [0, 0.1) is 5.92 Å². The fourth-order valence-electron chi connectivity index (χ4n) is 2.20. The summed E-state index contributed by atoms with van der Waals surface area (Å²) in [6.45, 7) is 8.13. The van der Waals surface area contributed by atoms with Gasteiger partial charge in [0.2, 0.25) is 5.91 Å². The highest BCUT2D eigenvalue weighted by Crippen LogP contribution is 2.15. The van der Waals surface area contributed by atoms with Crippen LogP contribution in [0.3, 0.4) is 0 Å². The predicted octanol–water partition coefficient (Wildman–Crippen LogP) is 2.06. The molecule has 1 heterocycles. The topological polar surface area (TPSA) is 32.3 Å². The van der Waals surface area contributed by atoms with Crippen LogP contribution < -0.4 is 5.32 Å². The highest BCUT2D eigenvalue weighted by molar-refractivity contribution is 5.85. The molecule has 0 aromatic carbocycles. The minimum atomic E-state index is 0. The van der Waals surface area contributed by atoms with Crippen LogP contribution in [0.15, 0.2) is 0 Å². The molecule has 0 unspecified atom stereocenters. The summed E-state index contributed by atoms with van der Waals surface area (Å²) in [5, 5.41) is 3.30. The standard InChI is InChI=1S/C12H24N2O.ClH/c1-3-9-14(10-4-2)12(15)11-5-7-13-8-6-11;/h11,13H,3-10H2,1-2H3;1H. The Morgan fingerprint density at radius 1 is 1.19 bits per heavy atom. The van der Waals surface area contributed by atoms with Gasteiger partial charge in [0.05, 0.1) is 0 Å². The van der Waals surface area contributed by atoms with Gasteiger partial charge in [0.15, 0.2) is 0 Å². The van der Waals surface area contributed by atoms with Crippen LogP contribution in [0.1, 0.15) is 39.5 Å². The van der Waals surface area contributed by atoms with E-state index in [1.165, 1.54) is 0 Å². The highest BCUT2D eigenvalue weighted by atomic mass is 35.5. The van der Waals surface area contributed by atoms with Crippen LogP contribution in [0.4, 0.5) is 0 Å². The first-order valence-electron chi connectivity index (χ1n) is 6.29. The summed E-state index contributed by atoms with van der Waals surface area (Å²) in [5.41, 5.74) is 0. The van der Waals surface area contributed by atoms with Crippen molar-refractivity contribution in [3.8, 4) is 0 Å². The zero-order valence-corrected chi connectivity index (χ0v) is 11.3. The van der Waals surface area contributed by atoms with Gasteiger partial charge in [0, 0.05) is 19.0 Å². The van der Waals surface area contributed by atoms with Crippen molar-refractivity contribution in [1.82, 2.24) is 10.2 Å². The van der Waals surface area contributed by atoms with E-state index in [0.717, 1.165) is 51.9 Å². The number of amides is 1. The Hall–Kier alpha value is -0.280. The van der Waals surface area contributed by atoms with Crippen molar-refractivity contribution in [3.63, 3.8) is 0 Å². The van der Waals surface area contributed by atoms with E-state index in [9.17, 15) is 4.79 Å². The second-order valence-electron chi connectivity index (χ2n) is 4.35. The molecule has 3 nitrogen and oxygen atoms in total. The molecule has 1 N–H and O–H groups in total. The van der Waals surface area contributed by atoms with Gasteiger partial charge >= 0.3 is 0 Å². The van der Waals surface area contributed by atoms with E-state index in [1.54, 1.807) is 0 Å². The van der Waals surface area contributed by atoms with E-state index in [-0.39, 0.29) is 18.3 Å². The molecule has 0 aromatic rings. The number of hydrogen-bond acceptors (Lipinski definition) is 2. The van der Waals surface area contributed by atoms with Crippen molar-refractivity contribution >= 4 is 18.3 Å². The highest BCUT2D eigenvalue weighted by Gasteiger charge is 2.24. The maximum Gasteiger partial charge on any atom is 0.225 e. The number of hydrogen-bond donors (Lipinski definition) is 1. The number of piperidine rings is 1. The Balaban J connectivity index is 0.00000225. The third kappa shape index (κ3) is 4.71. The number of nitrogens with zero attached hydrogens (tertiary/aromatic N) is 1. The molecule has 0 spiro atoms. The summed E-state index contributed by atoms with van der Waals surface area (Å²) in [7, 11) is 0. The number of rotatable bonds is 5. The number of carbonyl (C=O) groups is 1. The SMILES string of the molecule is CCCN(CCC)C(=O)C1CCNCC1.Cl. The summed E-state index contributed by atoms with van der Waals surface area (Å²) < 4.78 is 0. The summed E-state index contributed by atoms with van der Waals surface area (Å²) >= 11 is 0. The van der Waals surface area contributed by atoms with Crippen molar-refractivity contribution in [1.29, 1.82) is 0 Å². The molecule has 96 valence electrons. The van der Waals surface area contributed by atoms with Gasteiger partial charge in [-0.3, -0.25) is 4.79 Å². The maximum atomic E-state index is 12.2. The lowest BCUT2D eigenvalue weighted by atomic mass is 9.96. The minimum absolute atomic E-state index is 0. The molecule has 1 rings (SSSR count). The average Bonchev–Trinajstić information content (AvgIpc) is 2.29. The Bertz CT molecular complexity index is 187. The van der Waals surface area contributed by atoms with E-state index < -0.39 is 0 Å². The van der Waals surface area contributed by atoms with Crippen molar-refractivity contribution < 1.29 is 4.79 Å². The van der Waals surface area contributed by atoms with E-state index in [2.05, 4.69) is 24.1 Å². The van der Waals surface area contributed by atoms with Gasteiger partial charge in [-0.2, -0.15) is 0 Å². The molecule has 1 saturated heterocycles. The van der Waals surface area contributed by atoms with Gasteiger partial charge in [-0.25, -0.2) is 0 Å². The lowest BCUT2D eigenvalue weighted by Crippen LogP contribution is -2.41. The summed E-state index contributed by atoms with van der Waals surface area (Å²) in [6, 6.07) is 0. The number of halogens is 1.